The molecule has 0 fully saturated rings. The van der Waals surface area contributed by atoms with Crippen LogP contribution < -0.4 is 10.6 Å². The molecule has 5 nitrogen and oxygen atoms in total. The van der Waals surface area contributed by atoms with Crippen molar-refractivity contribution in [1.29, 1.82) is 0 Å². The first kappa shape index (κ1) is 20.7. The quantitative estimate of drug-likeness (QED) is 0.474. The number of aromatic nitrogens is 1. The molecule has 2 aromatic carbocycles. The van der Waals surface area contributed by atoms with Crippen LogP contribution in [0.1, 0.15) is 5.69 Å². The zero-order valence-corrected chi connectivity index (χ0v) is 17.6. The number of thioether (sulfide) groups is 1. The van der Waals surface area contributed by atoms with Gasteiger partial charge in [-0.2, -0.15) is 0 Å². The summed E-state index contributed by atoms with van der Waals surface area (Å²) in [6, 6.07) is 13.9. The van der Waals surface area contributed by atoms with Gasteiger partial charge in [0.05, 0.1) is 17.9 Å². The zero-order chi connectivity index (χ0) is 19.9. The highest BCUT2D eigenvalue weighted by molar-refractivity contribution is 8.01. The van der Waals surface area contributed by atoms with E-state index in [-0.39, 0.29) is 24.0 Å². The molecular formula is C19H15Cl2N3O2S2. The van der Waals surface area contributed by atoms with E-state index in [1.54, 1.807) is 48.5 Å². The van der Waals surface area contributed by atoms with Crippen molar-refractivity contribution in [2.75, 3.05) is 16.4 Å². The van der Waals surface area contributed by atoms with Crippen molar-refractivity contribution in [3.8, 4) is 0 Å². The van der Waals surface area contributed by atoms with Crippen LogP contribution >= 0.6 is 46.3 Å². The molecule has 0 aliphatic heterocycles. The molecule has 3 rings (SSSR count). The number of amides is 2. The number of anilines is 2. The maximum Gasteiger partial charge on any atom is 0.234 e. The number of benzene rings is 2. The van der Waals surface area contributed by atoms with Crippen molar-refractivity contribution in [1.82, 2.24) is 4.98 Å². The molecule has 3 aromatic rings. The summed E-state index contributed by atoms with van der Waals surface area (Å²) < 4.78 is 0.733. The average molecular weight is 452 g/mol. The Morgan fingerprint density at radius 2 is 1.71 bits per heavy atom. The number of nitrogens with one attached hydrogen (secondary N) is 2. The summed E-state index contributed by atoms with van der Waals surface area (Å²) in [5, 5.41) is 8.56. The lowest BCUT2D eigenvalue weighted by Gasteiger charge is -2.04. The van der Waals surface area contributed by atoms with Gasteiger partial charge in [0, 0.05) is 26.8 Å². The summed E-state index contributed by atoms with van der Waals surface area (Å²) in [7, 11) is 0. The lowest BCUT2D eigenvalue weighted by atomic mass is 10.3. The predicted molar refractivity (Wildman–Crippen MR) is 117 cm³/mol. The molecule has 144 valence electrons. The largest absolute Gasteiger partial charge is 0.326 e. The van der Waals surface area contributed by atoms with Crippen LogP contribution in [-0.4, -0.2) is 22.6 Å². The molecule has 1 heterocycles. The van der Waals surface area contributed by atoms with Gasteiger partial charge in [-0.3, -0.25) is 9.59 Å². The smallest absolute Gasteiger partial charge is 0.234 e. The number of thiazole rings is 1. The normalized spacial score (nSPS) is 10.5. The lowest BCUT2D eigenvalue weighted by molar-refractivity contribution is -0.116. The van der Waals surface area contributed by atoms with Crippen LogP contribution in [0.25, 0.3) is 0 Å². The Morgan fingerprint density at radius 3 is 2.46 bits per heavy atom. The van der Waals surface area contributed by atoms with Crippen LogP contribution in [0.4, 0.5) is 11.4 Å². The minimum Gasteiger partial charge on any atom is -0.326 e. The summed E-state index contributed by atoms with van der Waals surface area (Å²) in [4.78, 5) is 28.5. The first-order chi connectivity index (χ1) is 13.5. The van der Waals surface area contributed by atoms with Gasteiger partial charge < -0.3 is 10.6 Å². The molecule has 0 spiro atoms. The van der Waals surface area contributed by atoms with Gasteiger partial charge in [0.15, 0.2) is 4.34 Å². The molecule has 2 N–H and O–H groups in total. The third kappa shape index (κ3) is 6.53. The zero-order valence-electron chi connectivity index (χ0n) is 14.4. The van der Waals surface area contributed by atoms with E-state index >= 15 is 0 Å². The Hall–Kier alpha value is -2.06. The molecule has 2 amide bonds. The van der Waals surface area contributed by atoms with Gasteiger partial charge in [-0.25, -0.2) is 4.98 Å². The van der Waals surface area contributed by atoms with E-state index in [9.17, 15) is 9.59 Å². The van der Waals surface area contributed by atoms with E-state index in [2.05, 4.69) is 15.6 Å². The van der Waals surface area contributed by atoms with Crippen LogP contribution in [0.2, 0.25) is 10.0 Å². The topological polar surface area (TPSA) is 71.1 Å². The van der Waals surface area contributed by atoms with Crippen molar-refractivity contribution in [3.05, 3.63) is 69.7 Å². The van der Waals surface area contributed by atoms with E-state index in [1.165, 1.54) is 23.1 Å². The van der Waals surface area contributed by atoms with Gasteiger partial charge in [-0.15, -0.1) is 11.3 Å². The van der Waals surface area contributed by atoms with Crippen molar-refractivity contribution in [2.45, 2.75) is 10.8 Å². The molecule has 1 aromatic heterocycles. The highest BCUT2D eigenvalue weighted by atomic mass is 35.5. The van der Waals surface area contributed by atoms with Gasteiger partial charge in [-0.05, 0) is 42.5 Å². The molecule has 9 heteroatoms. The van der Waals surface area contributed by atoms with Gasteiger partial charge in [0.2, 0.25) is 11.8 Å². The van der Waals surface area contributed by atoms with E-state index in [0.29, 0.717) is 27.1 Å². The Kier molecular flexibility index (Phi) is 7.33. The molecule has 0 aliphatic carbocycles. The van der Waals surface area contributed by atoms with Gasteiger partial charge >= 0.3 is 0 Å². The average Bonchev–Trinajstić information content (AvgIpc) is 3.09. The first-order valence-electron chi connectivity index (χ1n) is 8.16. The van der Waals surface area contributed by atoms with E-state index in [1.807, 2.05) is 5.38 Å². The third-order valence-electron chi connectivity index (χ3n) is 3.44. The number of hydrogen-bond acceptors (Lipinski definition) is 5. The van der Waals surface area contributed by atoms with Crippen molar-refractivity contribution < 1.29 is 9.59 Å². The number of carbonyl (C=O) groups is 2. The first-order valence-corrected chi connectivity index (χ1v) is 10.8. The maximum absolute atomic E-state index is 12.1. The van der Waals surface area contributed by atoms with Crippen LogP contribution in [0.5, 0.6) is 0 Å². The number of rotatable bonds is 7. The Labute approximate surface area is 180 Å². The molecule has 0 saturated heterocycles. The second-order valence-corrected chi connectivity index (χ2v) is 8.64. The van der Waals surface area contributed by atoms with Crippen LogP contribution in [0.3, 0.4) is 0 Å². The molecule has 0 aliphatic rings. The standard InChI is InChI=1S/C19H15Cl2N3O2S2/c20-12-4-6-14(7-5-12)22-18(26)11-28-19-24-16(10-27-19)9-17(25)23-15-3-1-2-13(21)8-15/h1-8,10H,9,11H2,(H,22,26)(H,23,25). The molecule has 0 atom stereocenters. The molecule has 0 bridgehead atoms. The third-order valence-corrected chi connectivity index (χ3v) is 5.99. The fraction of sp³-hybridized carbons (Fsp3) is 0.105. The van der Waals surface area contributed by atoms with Crippen molar-refractivity contribution in [3.63, 3.8) is 0 Å². The number of hydrogen-bond donors (Lipinski definition) is 2. The fourth-order valence-corrected chi connectivity index (χ4v) is 4.19. The minimum atomic E-state index is -0.176. The predicted octanol–water partition coefficient (Wildman–Crippen LogP) is 5.36. The monoisotopic (exact) mass is 451 g/mol. The highest BCUT2D eigenvalue weighted by Crippen LogP contribution is 2.24. The second kappa shape index (κ2) is 9.93. The Bertz CT molecular complexity index is 977. The summed E-state index contributed by atoms with van der Waals surface area (Å²) >= 11 is 14.5. The molecule has 0 radical (unpaired) electrons. The lowest BCUT2D eigenvalue weighted by Crippen LogP contribution is -2.14. The SMILES string of the molecule is O=C(CSc1nc(CC(=O)Nc2cccc(Cl)c2)cs1)Nc1ccc(Cl)cc1. The van der Waals surface area contributed by atoms with E-state index in [0.717, 1.165) is 4.34 Å². The van der Waals surface area contributed by atoms with Crippen molar-refractivity contribution >= 4 is 69.5 Å². The van der Waals surface area contributed by atoms with Gasteiger partial charge in [0.25, 0.3) is 0 Å². The number of carbonyl (C=O) groups excluding carboxylic acids is 2. The Balaban J connectivity index is 1.46. The molecular weight excluding hydrogens is 437 g/mol. The number of halogens is 2. The highest BCUT2D eigenvalue weighted by Gasteiger charge is 2.11. The second-order valence-electron chi connectivity index (χ2n) is 5.68. The van der Waals surface area contributed by atoms with Crippen LogP contribution in [0, 0.1) is 0 Å². The minimum absolute atomic E-state index is 0.136. The van der Waals surface area contributed by atoms with Gasteiger partial charge in [0.1, 0.15) is 0 Å². The summed E-state index contributed by atoms with van der Waals surface area (Å²) in [6.07, 6.45) is 0.153. The maximum atomic E-state index is 12.1. The van der Waals surface area contributed by atoms with Crippen molar-refractivity contribution in [2.24, 2.45) is 0 Å². The number of nitrogens with zero attached hydrogens (tertiary/aromatic N) is 1. The Morgan fingerprint density at radius 1 is 0.964 bits per heavy atom. The van der Waals surface area contributed by atoms with Crippen LogP contribution in [-0.2, 0) is 16.0 Å². The molecule has 28 heavy (non-hydrogen) atoms. The van der Waals surface area contributed by atoms with E-state index < -0.39 is 0 Å². The fourth-order valence-electron chi connectivity index (χ4n) is 2.23. The van der Waals surface area contributed by atoms with E-state index in [4.69, 9.17) is 23.2 Å². The van der Waals surface area contributed by atoms with Crippen LogP contribution in [0.15, 0.2) is 58.3 Å². The molecule has 0 unspecified atom stereocenters. The van der Waals surface area contributed by atoms with Gasteiger partial charge in [-0.1, -0.05) is 41.0 Å². The summed E-state index contributed by atoms with van der Waals surface area (Å²) in [5.74, 6) is -0.0861. The molecule has 0 saturated carbocycles. The summed E-state index contributed by atoms with van der Waals surface area (Å²) in [6.45, 7) is 0. The summed E-state index contributed by atoms with van der Waals surface area (Å²) in [5.41, 5.74) is 1.99.